The summed E-state index contributed by atoms with van der Waals surface area (Å²) in [6, 6.07) is 0. The highest BCUT2D eigenvalue weighted by Gasteiger charge is 2.19. The van der Waals surface area contributed by atoms with E-state index in [0.717, 1.165) is 89.9 Å². The van der Waals surface area contributed by atoms with E-state index in [2.05, 4.69) is 69.4 Å². The summed E-state index contributed by atoms with van der Waals surface area (Å²) in [7, 11) is 0. The van der Waals surface area contributed by atoms with Crippen molar-refractivity contribution in [2.75, 3.05) is 13.2 Å². The molecule has 0 aromatic heterocycles. The van der Waals surface area contributed by atoms with Crippen molar-refractivity contribution in [2.24, 2.45) is 0 Å². The summed E-state index contributed by atoms with van der Waals surface area (Å²) in [5, 5.41) is 0. The molecule has 0 heterocycles. The zero-order chi connectivity index (χ0) is 48.6. The highest BCUT2D eigenvalue weighted by Crippen LogP contribution is 2.17. The van der Waals surface area contributed by atoms with Gasteiger partial charge in [0.05, 0.1) is 0 Å². The van der Waals surface area contributed by atoms with Gasteiger partial charge in [0, 0.05) is 19.3 Å². The second kappa shape index (κ2) is 56.0. The first kappa shape index (κ1) is 64.4. The number of carbonyl (C=O) groups excluding carboxylic acids is 3. The minimum absolute atomic E-state index is 0.0817. The Morgan fingerprint density at radius 1 is 0.313 bits per heavy atom. The molecule has 1 atom stereocenters. The Morgan fingerprint density at radius 2 is 0.582 bits per heavy atom. The zero-order valence-electron chi connectivity index (χ0n) is 44.7. The summed E-state index contributed by atoms with van der Waals surface area (Å²) < 4.78 is 16.9. The number of hydrogen-bond acceptors (Lipinski definition) is 6. The third kappa shape index (κ3) is 54.2. The molecule has 0 bridgehead atoms. The van der Waals surface area contributed by atoms with Crippen LogP contribution >= 0.6 is 0 Å². The smallest absolute Gasteiger partial charge is 0.306 e. The van der Waals surface area contributed by atoms with Gasteiger partial charge >= 0.3 is 17.9 Å². The number of allylic oxidation sites excluding steroid dienone is 8. The quantitative estimate of drug-likeness (QED) is 0.0262. The lowest BCUT2D eigenvalue weighted by Crippen LogP contribution is -2.30. The monoisotopic (exact) mass is 939 g/mol. The van der Waals surface area contributed by atoms with Crippen molar-refractivity contribution in [1.29, 1.82) is 0 Å². The second-order valence-electron chi connectivity index (χ2n) is 19.5. The lowest BCUT2D eigenvalue weighted by atomic mass is 10.0. The van der Waals surface area contributed by atoms with E-state index in [9.17, 15) is 14.4 Å². The first-order valence-electron chi connectivity index (χ1n) is 29.1. The Kier molecular flexibility index (Phi) is 53.8. The summed E-state index contributed by atoms with van der Waals surface area (Å²) in [6.07, 6.45) is 68.2. The molecule has 0 aromatic carbocycles. The average Bonchev–Trinajstić information content (AvgIpc) is 3.33. The van der Waals surface area contributed by atoms with E-state index in [4.69, 9.17) is 14.2 Å². The van der Waals surface area contributed by atoms with Crippen LogP contribution in [0.4, 0.5) is 0 Å². The van der Waals surface area contributed by atoms with Crippen molar-refractivity contribution in [1.82, 2.24) is 0 Å². The second-order valence-corrected chi connectivity index (χ2v) is 19.5. The van der Waals surface area contributed by atoms with Crippen LogP contribution in [0.15, 0.2) is 48.6 Å². The predicted octanol–water partition coefficient (Wildman–Crippen LogP) is 19.4. The maximum atomic E-state index is 12.8. The van der Waals surface area contributed by atoms with Crippen LogP contribution in [0.5, 0.6) is 0 Å². The number of ether oxygens (including phenoxy) is 3. The minimum Gasteiger partial charge on any atom is -0.462 e. The molecule has 6 nitrogen and oxygen atoms in total. The van der Waals surface area contributed by atoms with E-state index in [-0.39, 0.29) is 31.1 Å². The van der Waals surface area contributed by atoms with Gasteiger partial charge in [-0.25, -0.2) is 0 Å². The normalized spacial score (nSPS) is 12.3. The molecule has 0 radical (unpaired) electrons. The zero-order valence-corrected chi connectivity index (χ0v) is 44.7. The van der Waals surface area contributed by atoms with Gasteiger partial charge in [0.2, 0.25) is 0 Å². The van der Waals surface area contributed by atoms with Crippen LogP contribution in [0.1, 0.15) is 303 Å². The van der Waals surface area contributed by atoms with Gasteiger partial charge in [0.1, 0.15) is 13.2 Å². The van der Waals surface area contributed by atoms with Crippen LogP contribution in [0.25, 0.3) is 0 Å². The van der Waals surface area contributed by atoms with Crippen molar-refractivity contribution < 1.29 is 28.6 Å². The van der Waals surface area contributed by atoms with E-state index in [1.165, 1.54) is 173 Å². The fourth-order valence-corrected chi connectivity index (χ4v) is 8.49. The van der Waals surface area contributed by atoms with Gasteiger partial charge < -0.3 is 14.2 Å². The van der Waals surface area contributed by atoms with Crippen LogP contribution in [-0.2, 0) is 28.6 Å². The molecule has 0 spiro atoms. The van der Waals surface area contributed by atoms with Gasteiger partial charge in [-0.1, -0.05) is 275 Å². The van der Waals surface area contributed by atoms with E-state index in [1.54, 1.807) is 0 Å². The lowest BCUT2D eigenvalue weighted by Gasteiger charge is -2.18. The molecule has 0 aromatic rings. The first-order valence-corrected chi connectivity index (χ1v) is 29.1. The van der Waals surface area contributed by atoms with Gasteiger partial charge in [0.15, 0.2) is 6.10 Å². The molecule has 0 saturated carbocycles. The SMILES string of the molecule is CC/C=C\C/C=C\C/C=C\C/C=C\CCCCCC(=O)OC(COC(=O)CCCCCCCCCCCCCCCCCC)COC(=O)CCCCCCCCCCCCCCCCCCC. The standard InChI is InChI=1S/C61H110O6/c1-4-7-10-13-16-19-22-25-28-31-34-36-39-42-45-48-51-54-60(63)66-57-58(67-61(64)55-52-49-46-43-40-37-33-30-27-24-21-18-15-12-9-6-3)56-65-59(62)53-50-47-44-41-38-35-32-29-26-23-20-17-14-11-8-5-2/h9,12,18,21,27,30,37,40,58H,4-8,10-11,13-17,19-20,22-26,28-29,31-36,38-39,41-57H2,1-3H3/b12-9-,21-18-,30-27-,40-37-. The van der Waals surface area contributed by atoms with E-state index in [0.29, 0.717) is 19.3 Å². The molecule has 1 unspecified atom stereocenters. The Labute approximate surface area is 416 Å². The number of carbonyl (C=O) groups is 3. The summed E-state index contributed by atoms with van der Waals surface area (Å²) in [6.45, 7) is 6.55. The van der Waals surface area contributed by atoms with Gasteiger partial charge in [-0.15, -0.1) is 0 Å². The van der Waals surface area contributed by atoms with Crippen LogP contribution < -0.4 is 0 Å². The van der Waals surface area contributed by atoms with Gasteiger partial charge in [0.25, 0.3) is 0 Å². The van der Waals surface area contributed by atoms with Crippen molar-refractivity contribution in [3.8, 4) is 0 Å². The molecule has 0 N–H and O–H groups in total. The summed E-state index contributed by atoms with van der Waals surface area (Å²) >= 11 is 0. The van der Waals surface area contributed by atoms with Crippen LogP contribution in [0.3, 0.4) is 0 Å². The highest BCUT2D eigenvalue weighted by molar-refractivity contribution is 5.71. The van der Waals surface area contributed by atoms with Gasteiger partial charge in [-0.3, -0.25) is 14.4 Å². The average molecular weight is 940 g/mol. The predicted molar refractivity (Wildman–Crippen MR) is 289 cm³/mol. The highest BCUT2D eigenvalue weighted by atomic mass is 16.6. The van der Waals surface area contributed by atoms with Crippen LogP contribution in [0, 0.1) is 0 Å². The third-order valence-electron chi connectivity index (χ3n) is 12.8. The fourth-order valence-electron chi connectivity index (χ4n) is 8.49. The van der Waals surface area contributed by atoms with E-state index in [1.807, 2.05) is 0 Å². The summed E-state index contributed by atoms with van der Waals surface area (Å²) in [4.78, 5) is 38.2. The fraction of sp³-hybridized carbons (Fsp3) is 0.820. The maximum absolute atomic E-state index is 12.8. The number of hydrogen-bond donors (Lipinski definition) is 0. The molecule has 6 heteroatoms. The van der Waals surface area contributed by atoms with Gasteiger partial charge in [-0.05, 0) is 57.8 Å². The molecular weight excluding hydrogens is 829 g/mol. The minimum atomic E-state index is -0.786. The molecule has 67 heavy (non-hydrogen) atoms. The first-order chi connectivity index (χ1) is 33.0. The van der Waals surface area contributed by atoms with Crippen molar-refractivity contribution in [3.63, 3.8) is 0 Å². The molecule has 0 aliphatic heterocycles. The molecule has 0 aliphatic rings. The number of unbranched alkanes of at least 4 members (excludes halogenated alkanes) is 34. The topological polar surface area (TPSA) is 78.9 Å². The van der Waals surface area contributed by atoms with Gasteiger partial charge in [-0.2, -0.15) is 0 Å². The number of rotatable bonds is 53. The summed E-state index contributed by atoms with van der Waals surface area (Å²) in [5.41, 5.74) is 0. The number of esters is 3. The van der Waals surface area contributed by atoms with Crippen LogP contribution in [0.2, 0.25) is 0 Å². The largest absolute Gasteiger partial charge is 0.462 e. The Bertz CT molecular complexity index is 1170. The third-order valence-corrected chi connectivity index (χ3v) is 12.8. The van der Waals surface area contributed by atoms with Crippen molar-refractivity contribution in [3.05, 3.63) is 48.6 Å². The Hall–Kier alpha value is -2.63. The Balaban J connectivity index is 4.38. The van der Waals surface area contributed by atoms with Crippen molar-refractivity contribution >= 4 is 17.9 Å². The van der Waals surface area contributed by atoms with E-state index < -0.39 is 6.10 Å². The molecular formula is C61H110O6. The van der Waals surface area contributed by atoms with Crippen LogP contribution in [-0.4, -0.2) is 37.2 Å². The molecule has 0 aliphatic carbocycles. The summed E-state index contributed by atoms with van der Waals surface area (Å²) in [5.74, 6) is -0.895. The molecule has 390 valence electrons. The molecule has 0 amide bonds. The van der Waals surface area contributed by atoms with Crippen molar-refractivity contribution in [2.45, 2.75) is 309 Å². The lowest BCUT2D eigenvalue weighted by molar-refractivity contribution is -0.167. The molecule has 0 rings (SSSR count). The Morgan fingerprint density at radius 3 is 0.910 bits per heavy atom. The molecule has 0 saturated heterocycles. The molecule has 0 fully saturated rings. The maximum Gasteiger partial charge on any atom is 0.306 e. The van der Waals surface area contributed by atoms with E-state index >= 15 is 0 Å².